The molecule has 150 valence electrons. The first-order valence-electron chi connectivity index (χ1n) is 9.99. The van der Waals surface area contributed by atoms with E-state index < -0.39 is 0 Å². The molecular weight excluding hydrogens is 371 g/mol. The van der Waals surface area contributed by atoms with Crippen LogP contribution in [-0.4, -0.2) is 33.4 Å². The van der Waals surface area contributed by atoms with E-state index in [0.717, 1.165) is 30.1 Å². The van der Waals surface area contributed by atoms with Gasteiger partial charge in [-0.1, -0.05) is 12.1 Å². The number of hydrogen-bond donors (Lipinski definition) is 3. The number of ether oxygens (including phenoxy) is 1. The normalized spacial score (nSPS) is 19.8. The van der Waals surface area contributed by atoms with E-state index in [0.29, 0.717) is 30.1 Å². The van der Waals surface area contributed by atoms with Crippen molar-refractivity contribution < 1.29 is 9.13 Å². The predicted molar refractivity (Wildman–Crippen MR) is 108 cm³/mol. The first-order valence-corrected chi connectivity index (χ1v) is 9.99. The molecule has 1 saturated heterocycles. The van der Waals surface area contributed by atoms with Crippen LogP contribution in [0.25, 0.3) is 0 Å². The van der Waals surface area contributed by atoms with Gasteiger partial charge in [-0.2, -0.15) is 5.10 Å². The topological polar surface area (TPSA) is 87.8 Å². The number of rotatable bonds is 7. The van der Waals surface area contributed by atoms with Gasteiger partial charge in [0.05, 0.1) is 12.6 Å². The highest BCUT2D eigenvalue weighted by Crippen LogP contribution is 2.39. The number of hydrogen-bond acceptors (Lipinski definition) is 6. The fourth-order valence-corrected chi connectivity index (χ4v) is 3.76. The zero-order valence-electron chi connectivity index (χ0n) is 15.9. The molecule has 3 N–H and O–H groups in total. The van der Waals surface area contributed by atoms with Gasteiger partial charge in [0.25, 0.3) is 0 Å². The Hall–Kier alpha value is -3.00. The molecule has 1 aliphatic carbocycles. The van der Waals surface area contributed by atoms with Crippen LogP contribution in [0.5, 0.6) is 0 Å². The molecule has 5 rings (SSSR count). The largest absolute Gasteiger partial charge is 0.381 e. The summed E-state index contributed by atoms with van der Waals surface area (Å²) in [6.07, 6.45) is 4.91. The molecule has 8 heteroatoms. The molecular formula is C21H23FN6O. The Balaban J connectivity index is 1.34. The summed E-state index contributed by atoms with van der Waals surface area (Å²) in [4.78, 5) is 8.68. The second-order valence-electron chi connectivity index (χ2n) is 7.69. The number of halogens is 1. The van der Waals surface area contributed by atoms with E-state index >= 15 is 0 Å². The smallest absolute Gasteiger partial charge is 0.153 e. The predicted octanol–water partition coefficient (Wildman–Crippen LogP) is 4.15. The molecule has 29 heavy (non-hydrogen) atoms. The lowest BCUT2D eigenvalue weighted by Gasteiger charge is -2.25. The van der Waals surface area contributed by atoms with Gasteiger partial charge in [-0.3, -0.25) is 5.10 Å². The first kappa shape index (κ1) is 18.1. The van der Waals surface area contributed by atoms with Gasteiger partial charge in [0, 0.05) is 36.3 Å². The molecule has 0 radical (unpaired) electrons. The van der Waals surface area contributed by atoms with Crippen molar-refractivity contribution in [1.82, 2.24) is 20.2 Å². The Labute approximate surface area is 168 Å². The Morgan fingerprint density at radius 1 is 1.03 bits per heavy atom. The summed E-state index contributed by atoms with van der Waals surface area (Å²) in [6.45, 7) is 1.41. The van der Waals surface area contributed by atoms with Crippen molar-refractivity contribution in [2.75, 3.05) is 23.8 Å². The minimum absolute atomic E-state index is 0.0206. The van der Waals surface area contributed by atoms with Crippen LogP contribution >= 0.6 is 0 Å². The van der Waals surface area contributed by atoms with Gasteiger partial charge >= 0.3 is 0 Å². The fraction of sp³-hybridized carbons (Fsp3) is 0.381. The Morgan fingerprint density at radius 2 is 1.86 bits per heavy atom. The molecule has 2 unspecified atom stereocenters. The summed E-state index contributed by atoms with van der Waals surface area (Å²) in [5.74, 6) is 2.77. The Morgan fingerprint density at radius 3 is 2.62 bits per heavy atom. The van der Waals surface area contributed by atoms with Crippen LogP contribution in [0.1, 0.15) is 42.5 Å². The Bertz CT molecular complexity index is 965. The van der Waals surface area contributed by atoms with Crippen molar-refractivity contribution in [2.45, 2.75) is 31.2 Å². The molecule has 3 aromatic rings. The van der Waals surface area contributed by atoms with Crippen LogP contribution in [0.4, 0.5) is 21.8 Å². The molecule has 2 aromatic heterocycles. The average molecular weight is 394 g/mol. The van der Waals surface area contributed by atoms with Crippen molar-refractivity contribution in [3.63, 3.8) is 0 Å². The third-order valence-corrected chi connectivity index (χ3v) is 5.51. The molecule has 0 bridgehead atoms. The van der Waals surface area contributed by atoms with Crippen LogP contribution in [0.3, 0.4) is 0 Å². The number of nitrogens with one attached hydrogen (secondary N) is 3. The van der Waals surface area contributed by atoms with E-state index in [1.165, 1.54) is 31.3 Å². The monoisotopic (exact) mass is 394 g/mol. The highest BCUT2D eigenvalue weighted by atomic mass is 19.1. The quantitative estimate of drug-likeness (QED) is 0.558. The molecule has 3 heterocycles. The zero-order valence-corrected chi connectivity index (χ0v) is 15.9. The average Bonchev–Trinajstić information content (AvgIpc) is 3.23. The van der Waals surface area contributed by atoms with Crippen molar-refractivity contribution >= 4 is 17.5 Å². The molecule has 0 amide bonds. The second kappa shape index (κ2) is 7.79. The van der Waals surface area contributed by atoms with Gasteiger partial charge < -0.3 is 15.4 Å². The zero-order chi connectivity index (χ0) is 19.6. The lowest BCUT2D eigenvalue weighted by atomic mass is 9.92. The fourth-order valence-electron chi connectivity index (χ4n) is 3.76. The maximum atomic E-state index is 13.4. The van der Waals surface area contributed by atoms with Crippen molar-refractivity contribution in [3.8, 4) is 0 Å². The highest BCUT2D eigenvalue weighted by molar-refractivity contribution is 5.56. The summed E-state index contributed by atoms with van der Waals surface area (Å²) in [5, 5.41) is 14.1. The van der Waals surface area contributed by atoms with Gasteiger partial charge in [0.1, 0.15) is 23.8 Å². The molecule has 1 aliphatic heterocycles. The van der Waals surface area contributed by atoms with Gasteiger partial charge in [0.2, 0.25) is 0 Å². The van der Waals surface area contributed by atoms with E-state index in [2.05, 4.69) is 30.8 Å². The first-order chi connectivity index (χ1) is 14.2. The minimum Gasteiger partial charge on any atom is -0.381 e. The van der Waals surface area contributed by atoms with Crippen LogP contribution in [0.2, 0.25) is 0 Å². The van der Waals surface area contributed by atoms with Crippen molar-refractivity contribution in [3.05, 3.63) is 59.8 Å². The standard InChI is InChI=1S/C21H23FN6O/c22-16-5-3-14(4-6-16)21(15-7-8-29-11-15)26-19-10-18(23-12-24-19)25-20-9-17(27-28-20)13-1-2-13/h3-6,9-10,12-13,15,21H,1-2,7-8,11H2,(H3,23,24,25,26,27,28). The minimum atomic E-state index is -0.242. The number of H-pyrrole nitrogens is 1. The van der Waals surface area contributed by atoms with Gasteiger partial charge in [0.15, 0.2) is 5.82 Å². The third kappa shape index (κ3) is 4.22. The van der Waals surface area contributed by atoms with E-state index in [1.54, 1.807) is 0 Å². The third-order valence-electron chi connectivity index (χ3n) is 5.51. The maximum Gasteiger partial charge on any atom is 0.153 e. The number of aromatic nitrogens is 4. The lowest BCUT2D eigenvalue weighted by Crippen LogP contribution is -2.22. The van der Waals surface area contributed by atoms with Gasteiger partial charge in [-0.05, 0) is 37.0 Å². The van der Waals surface area contributed by atoms with Crippen molar-refractivity contribution in [1.29, 1.82) is 0 Å². The van der Waals surface area contributed by atoms with E-state index in [-0.39, 0.29) is 11.9 Å². The molecule has 2 atom stereocenters. The molecule has 2 fully saturated rings. The van der Waals surface area contributed by atoms with Crippen LogP contribution in [0.15, 0.2) is 42.7 Å². The summed E-state index contributed by atoms with van der Waals surface area (Å²) < 4.78 is 19.0. The molecule has 7 nitrogen and oxygen atoms in total. The van der Waals surface area contributed by atoms with Gasteiger partial charge in [-0.25, -0.2) is 14.4 Å². The lowest BCUT2D eigenvalue weighted by molar-refractivity contribution is 0.182. The highest BCUT2D eigenvalue weighted by Gasteiger charge is 2.28. The molecule has 0 spiro atoms. The molecule has 2 aliphatic rings. The molecule has 1 aromatic carbocycles. The maximum absolute atomic E-state index is 13.4. The second-order valence-corrected chi connectivity index (χ2v) is 7.69. The summed E-state index contributed by atoms with van der Waals surface area (Å²) in [6, 6.07) is 10.5. The van der Waals surface area contributed by atoms with E-state index in [1.807, 2.05) is 24.3 Å². The van der Waals surface area contributed by atoms with Crippen LogP contribution in [0, 0.1) is 11.7 Å². The summed E-state index contributed by atoms with van der Waals surface area (Å²) in [5.41, 5.74) is 2.17. The summed E-state index contributed by atoms with van der Waals surface area (Å²) >= 11 is 0. The number of aromatic amines is 1. The van der Waals surface area contributed by atoms with Crippen LogP contribution < -0.4 is 10.6 Å². The Kier molecular flexibility index (Phi) is 4.85. The van der Waals surface area contributed by atoms with Gasteiger partial charge in [-0.15, -0.1) is 0 Å². The number of anilines is 3. The molecule has 1 saturated carbocycles. The number of benzene rings is 1. The number of nitrogens with zero attached hydrogens (tertiary/aromatic N) is 3. The SMILES string of the molecule is Fc1ccc(C(Nc2cc(Nc3cc(C4CC4)[nH]n3)ncn2)C2CCOC2)cc1. The van der Waals surface area contributed by atoms with Crippen molar-refractivity contribution in [2.24, 2.45) is 5.92 Å². The summed E-state index contributed by atoms with van der Waals surface area (Å²) in [7, 11) is 0. The van der Waals surface area contributed by atoms with Crippen LogP contribution in [-0.2, 0) is 4.74 Å². The van der Waals surface area contributed by atoms with E-state index in [9.17, 15) is 4.39 Å². The van der Waals surface area contributed by atoms with E-state index in [4.69, 9.17) is 4.74 Å².